The Hall–Kier alpha value is -0.240. The topological polar surface area (TPSA) is 26.0 Å². The van der Waals surface area contributed by atoms with Crippen molar-refractivity contribution in [2.45, 2.75) is 5.38 Å². The molecular formula is C8H11Cl2N. The summed E-state index contributed by atoms with van der Waals surface area (Å²) in [4.78, 5) is 0. The van der Waals surface area contributed by atoms with Gasteiger partial charge < -0.3 is 5.73 Å². The van der Waals surface area contributed by atoms with Crippen molar-refractivity contribution in [3.8, 4) is 0 Å². The lowest BCUT2D eigenvalue weighted by atomic mass is 10.1. The van der Waals surface area contributed by atoms with Gasteiger partial charge in [0.25, 0.3) is 0 Å². The Morgan fingerprint density at radius 1 is 1.27 bits per heavy atom. The summed E-state index contributed by atoms with van der Waals surface area (Å²) in [6, 6.07) is 9.83. The number of hydrogen-bond acceptors (Lipinski definition) is 1. The third kappa shape index (κ3) is 3.10. The van der Waals surface area contributed by atoms with Crippen LogP contribution in [0.1, 0.15) is 10.9 Å². The predicted molar refractivity (Wildman–Crippen MR) is 51.3 cm³/mol. The highest BCUT2D eigenvalue weighted by molar-refractivity contribution is 6.20. The summed E-state index contributed by atoms with van der Waals surface area (Å²) < 4.78 is 0. The molecule has 1 atom stereocenters. The summed E-state index contributed by atoms with van der Waals surface area (Å²) in [6.07, 6.45) is 0. The van der Waals surface area contributed by atoms with E-state index in [2.05, 4.69) is 0 Å². The van der Waals surface area contributed by atoms with Gasteiger partial charge >= 0.3 is 0 Å². The SMILES string of the molecule is Cl.NCC(Cl)c1ccccc1. The Bertz CT molecular complexity index is 189. The molecule has 1 rings (SSSR count). The maximum absolute atomic E-state index is 5.87. The molecule has 0 amide bonds. The number of hydrogen-bond donors (Lipinski definition) is 1. The molecule has 3 heteroatoms. The van der Waals surface area contributed by atoms with Gasteiger partial charge in [-0.1, -0.05) is 30.3 Å². The second-order valence-electron chi connectivity index (χ2n) is 2.11. The van der Waals surface area contributed by atoms with Crippen LogP contribution in [-0.2, 0) is 0 Å². The van der Waals surface area contributed by atoms with Crippen LogP contribution in [0.5, 0.6) is 0 Å². The molecule has 0 aliphatic carbocycles. The highest BCUT2D eigenvalue weighted by Crippen LogP contribution is 2.17. The van der Waals surface area contributed by atoms with Crippen LogP contribution in [-0.4, -0.2) is 6.54 Å². The molecule has 1 aromatic rings. The molecule has 0 bridgehead atoms. The van der Waals surface area contributed by atoms with Crippen molar-refractivity contribution < 1.29 is 0 Å². The van der Waals surface area contributed by atoms with Crippen LogP contribution in [0.25, 0.3) is 0 Å². The van der Waals surface area contributed by atoms with Crippen molar-refractivity contribution in [1.82, 2.24) is 0 Å². The minimum absolute atomic E-state index is 0. The summed E-state index contributed by atoms with van der Waals surface area (Å²) in [5.41, 5.74) is 6.46. The van der Waals surface area contributed by atoms with Gasteiger partial charge in [-0.15, -0.1) is 24.0 Å². The third-order valence-corrected chi connectivity index (χ3v) is 1.80. The number of alkyl halides is 1. The van der Waals surface area contributed by atoms with Gasteiger partial charge in [0.2, 0.25) is 0 Å². The van der Waals surface area contributed by atoms with Crippen molar-refractivity contribution in [2.75, 3.05) is 6.54 Å². The summed E-state index contributed by atoms with van der Waals surface area (Å²) in [6.45, 7) is 0.492. The zero-order chi connectivity index (χ0) is 7.40. The Kier molecular flexibility index (Phi) is 5.30. The van der Waals surface area contributed by atoms with E-state index in [0.29, 0.717) is 6.54 Å². The number of rotatable bonds is 2. The molecule has 0 saturated heterocycles. The highest BCUT2D eigenvalue weighted by Gasteiger charge is 2.01. The van der Waals surface area contributed by atoms with E-state index in [1.54, 1.807) is 0 Å². The first-order valence-corrected chi connectivity index (χ1v) is 3.67. The predicted octanol–water partition coefficient (Wildman–Crippen LogP) is 2.35. The Labute approximate surface area is 78.0 Å². The van der Waals surface area contributed by atoms with Gasteiger partial charge in [-0.3, -0.25) is 0 Å². The molecule has 0 aromatic heterocycles. The van der Waals surface area contributed by atoms with Crippen molar-refractivity contribution in [3.05, 3.63) is 35.9 Å². The zero-order valence-electron chi connectivity index (χ0n) is 6.03. The molecule has 62 valence electrons. The average Bonchev–Trinajstić information content (AvgIpc) is 2.05. The summed E-state index contributed by atoms with van der Waals surface area (Å²) in [7, 11) is 0. The fraction of sp³-hybridized carbons (Fsp3) is 0.250. The zero-order valence-corrected chi connectivity index (χ0v) is 7.61. The fourth-order valence-electron chi connectivity index (χ4n) is 0.798. The second-order valence-corrected chi connectivity index (χ2v) is 2.64. The Balaban J connectivity index is 0.000001000. The molecule has 0 aliphatic heterocycles. The van der Waals surface area contributed by atoms with Crippen LogP contribution in [0, 0.1) is 0 Å². The summed E-state index contributed by atoms with van der Waals surface area (Å²) in [5, 5.41) is -0.0406. The first-order valence-electron chi connectivity index (χ1n) is 3.23. The average molecular weight is 192 g/mol. The number of halogens is 2. The van der Waals surface area contributed by atoms with Crippen molar-refractivity contribution in [1.29, 1.82) is 0 Å². The van der Waals surface area contributed by atoms with Crippen molar-refractivity contribution in [2.24, 2.45) is 5.73 Å². The standard InChI is InChI=1S/C8H10ClN.ClH/c9-8(6-10)7-4-2-1-3-5-7;/h1-5,8H,6,10H2;1H. The van der Waals surface area contributed by atoms with E-state index in [1.807, 2.05) is 30.3 Å². The quantitative estimate of drug-likeness (QED) is 0.715. The third-order valence-electron chi connectivity index (χ3n) is 1.37. The molecule has 1 nitrogen and oxygen atoms in total. The van der Waals surface area contributed by atoms with Crippen LogP contribution in [0.4, 0.5) is 0 Å². The Morgan fingerprint density at radius 2 is 1.82 bits per heavy atom. The minimum Gasteiger partial charge on any atom is -0.329 e. The van der Waals surface area contributed by atoms with Gasteiger partial charge in [0.05, 0.1) is 5.38 Å². The van der Waals surface area contributed by atoms with E-state index in [-0.39, 0.29) is 17.8 Å². The minimum atomic E-state index is -0.0406. The largest absolute Gasteiger partial charge is 0.329 e. The molecule has 11 heavy (non-hydrogen) atoms. The molecular weight excluding hydrogens is 181 g/mol. The van der Waals surface area contributed by atoms with Gasteiger partial charge in [0.1, 0.15) is 0 Å². The van der Waals surface area contributed by atoms with E-state index in [1.165, 1.54) is 0 Å². The maximum atomic E-state index is 5.87. The van der Waals surface area contributed by atoms with Crippen molar-refractivity contribution >= 4 is 24.0 Å². The summed E-state index contributed by atoms with van der Waals surface area (Å²) >= 11 is 5.87. The first-order chi connectivity index (χ1) is 4.84. The van der Waals surface area contributed by atoms with Crippen LogP contribution in [0.3, 0.4) is 0 Å². The van der Waals surface area contributed by atoms with Gasteiger partial charge in [-0.2, -0.15) is 0 Å². The van der Waals surface area contributed by atoms with E-state index >= 15 is 0 Å². The number of benzene rings is 1. The first kappa shape index (κ1) is 10.8. The van der Waals surface area contributed by atoms with Gasteiger partial charge in [0.15, 0.2) is 0 Å². The maximum Gasteiger partial charge on any atom is 0.0707 e. The molecule has 0 spiro atoms. The normalized spacial score (nSPS) is 11.8. The van der Waals surface area contributed by atoms with Gasteiger partial charge in [0, 0.05) is 6.54 Å². The van der Waals surface area contributed by atoms with E-state index in [9.17, 15) is 0 Å². The van der Waals surface area contributed by atoms with Gasteiger partial charge in [-0.25, -0.2) is 0 Å². The smallest absolute Gasteiger partial charge is 0.0707 e. The van der Waals surface area contributed by atoms with E-state index in [0.717, 1.165) is 5.56 Å². The molecule has 0 heterocycles. The Morgan fingerprint density at radius 3 is 2.27 bits per heavy atom. The van der Waals surface area contributed by atoms with Crippen molar-refractivity contribution in [3.63, 3.8) is 0 Å². The van der Waals surface area contributed by atoms with E-state index in [4.69, 9.17) is 17.3 Å². The molecule has 0 fully saturated rings. The number of nitrogens with two attached hydrogens (primary N) is 1. The lowest BCUT2D eigenvalue weighted by Gasteiger charge is -2.04. The van der Waals surface area contributed by atoms with Crippen LogP contribution < -0.4 is 5.73 Å². The lowest BCUT2D eigenvalue weighted by molar-refractivity contribution is 0.930. The molecule has 1 aromatic carbocycles. The summed E-state index contributed by atoms with van der Waals surface area (Å²) in [5.74, 6) is 0. The second kappa shape index (κ2) is 5.42. The molecule has 0 radical (unpaired) electrons. The van der Waals surface area contributed by atoms with Gasteiger partial charge in [-0.05, 0) is 5.56 Å². The monoisotopic (exact) mass is 191 g/mol. The van der Waals surface area contributed by atoms with E-state index < -0.39 is 0 Å². The highest BCUT2D eigenvalue weighted by atomic mass is 35.5. The lowest BCUT2D eigenvalue weighted by Crippen LogP contribution is -2.06. The fourth-order valence-corrected chi connectivity index (χ4v) is 0.943. The van der Waals surface area contributed by atoms with Crippen LogP contribution in [0.15, 0.2) is 30.3 Å². The molecule has 0 saturated carbocycles. The molecule has 1 unspecified atom stereocenters. The molecule has 0 aliphatic rings. The molecule has 2 N–H and O–H groups in total. The van der Waals surface area contributed by atoms with Crippen LogP contribution in [0.2, 0.25) is 0 Å². The van der Waals surface area contributed by atoms with Crippen LogP contribution >= 0.6 is 24.0 Å².